The van der Waals surface area contributed by atoms with Crippen LogP contribution in [0.3, 0.4) is 0 Å². The minimum Gasteiger partial charge on any atom is -0.486 e. The first-order valence-electron chi connectivity index (χ1n) is 7.94. The minimum absolute atomic E-state index is 0. The highest BCUT2D eigenvalue weighted by Crippen LogP contribution is 2.16. The predicted molar refractivity (Wildman–Crippen MR) is 109 cm³/mol. The van der Waals surface area contributed by atoms with E-state index in [0.717, 1.165) is 18.7 Å². The number of aliphatic imine (C=N–C) groups is 1. The van der Waals surface area contributed by atoms with Gasteiger partial charge in [0.25, 0.3) is 0 Å². The van der Waals surface area contributed by atoms with Gasteiger partial charge in [0.1, 0.15) is 6.10 Å². The zero-order valence-electron chi connectivity index (χ0n) is 14.4. The van der Waals surface area contributed by atoms with Crippen LogP contribution in [-0.2, 0) is 6.42 Å². The maximum Gasteiger partial charge on any atom is 0.191 e. The second-order valence-corrected chi connectivity index (χ2v) is 5.31. The Morgan fingerprint density at radius 1 is 1.20 bits per heavy atom. The summed E-state index contributed by atoms with van der Waals surface area (Å²) in [5, 5.41) is 6.38. The molecule has 2 N–H and O–H groups in total. The number of nitrogens with zero attached hydrogens (tertiary/aromatic N) is 2. The Labute approximate surface area is 165 Å². The smallest absolute Gasteiger partial charge is 0.191 e. The van der Waals surface area contributed by atoms with E-state index in [-0.39, 0.29) is 41.6 Å². The molecular weight excluding hydrogens is 434 g/mol. The number of guanidine groups is 1. The first kappa shape index (κ1) is 21.1. The molecule has 0 saturated heterocycles. The fraction of sp³-hybridized carbons (Fsp3) is 0.333. The molecule has 2 rings (SSSR count). The number of para-hydroxylation sites is 1. The lowest BCUT2D eigenvalue weighted by Gasteiger charge is -2.18. The highest BCUT2D eigenvalue weighted by Gasteiger charge is 2.08. The van der Waals surface area contributed by atoms with Gasteiger partial charge in [0, 0.05) is 31.9 Å². The van der Waals surface area contributed by atoms with E-state index in [0.29, 0.717) is 12.5 Å². The second kappa shape index (κ2) is 11.6. The van der Waals surface area contributed by atoms with E-state index in [2.05, 4.69) is 20.6 Å². The van der Waals surface area contributed by atoms with E-state index in [9.17, 15) is 4.39 Å². The molecule has 2 aromatic rings. The Balaban J connectivity index is 0.00000312. The maximum atomic E-state index is 13.6. The van der Waals surface area contributed by atoms with Crippen LogP contribution in [0, 0.1) is 5.82 Å². The quantitative estimate of drug-likeness (QED) is 0.381. The van der Waals surface area contributed by atoms with Crippen molar-refractivity contribution in [2.45, 2.75) is 19.4 Å². The summed E-state index contributed by atoms with van der Waals surface area (Å²) in [7, 11) is 1.71. The standard InChI is InChI=1S/C18H23FN4O.HI/c1-14(24-17-9-4-3-8-16(17)19)13-23-18(20-2)22-12-10-15-7-5-6-11-21-15;/h3-9,11,14H,10,12-13H2,1-2H3,(H2,20,22,23);1H. The highest BCUT2D eigenvalue weighted by molar-refractivity contribution is 14.0. The summed E-state index contributed by atoms with van der Waals surface area (Å²) < 4.78 is 19.1. The van der Waals surface area contributed by atoms with Gasteiger partial charge in [0.15, 0.2) is 17.5 Å². The molecule has 1 aromatic heterocycles. The van der Waals surface area contributed by atoms with Crippen molar-refractivity contribution in [1.82, 2.24) is 15.6 Å². The molecule has 0 aliphatic heterocycles. The average Bonchev–Trinajstić information content (AvgIpc) is 2.61. The van der Waals surface area contributed by atoms with E-state index in [4.69, 9.17) is 4.74 Å². The molecule has 0 bridgehead atoms. The number of hydrogen-bond acceptors (Lipinski definition) is 3. The molecule has 0 amide bonds. The van der Waals surface area contributed by atoms with Gasteiger partial charge >= 0.3 is 0 Å². The van der Waals surface area contributed by atoms with Gasteiger partial charge in [-0.05, 0) is 31.2 Å². The molecule has 0 aliphatic rings. The number of hydrogen-bond donors (Lipinski definition) is 2. The van der Waals surface area contributed by atoms with Crippen LogP contribution in [0.4, 0.5) is 4.39 Å². The number of nitrogens with one attached hydrogen (secondary N) is 2. The molecule has 0 spiro atoms. The average molecular weight is 458 g/mol. The monoisotopic (exact) mass is 458 g/mol. The second-order valence-electron chi connectivity index (χ2n) is 5.31. The Bertz CT molecular complexity index is 655. The van der Waals surface area contributed by atoms with E-state index >= 15 is 0 Å². The number of benzene rings is 1. The Morgan fingerprint density at radius 3 is 2.64 bits per heavy atom. The molecule has 5 nitrogen and oxygen atoms in total. The van der Waals surface area contributed by atoms with Gasteiger partial charge in [-0.3, -0.25) is 9.98 Å². The third kappa shape index (κ3) is 7.68. The zero-order chi connectivity index (χ0) is 17.2. The van der Waals surface area contributed by atoms with Crippen LogP contribution in [0.1, 0.15) is 12.6 Å². The summed E-state index contributed by atoms with van der Waals surface area (Å²) in [6.45, 7) is 3.11. The van der Waals surface area contributed by atoms with Crippen molar-refractivity contribution in [3.63, 3.8) is 0 Å². The molecule has 0 radical (unpaired) electrons. The van der Waals surface area contributed by atoms with Crippen molar-refractivity contribution in [1.29, 1.82) is 0 Å². The number of pyridine rings is 1. The lowest BCUT2D eigenvalue weighted by Crippen LogP contribution is -2.42. The largest absolute Gasteiger partial charge is 0.486 e. The molecule has 25 heavy (non-hydrogen) atoms. The van der Waals surface area contributed by atoms with Crippen LogP contribution >= 0.6 is 24.0 Å². The molecule has 1 aromatic carbocycles. The van der Waals surface area contributed by atoms with Crippen LogP contribution < -0.4 is 15.4 Å². The number of aromatic nitrogens is 1. The summed E-state index contributed by atoms with van der Waals surface area (Å²) in [5.74, 6) is 0.571. The molecule has 0 aliphatic carbocycles. The first-order valence-corrected chi connectivity index (χ1v) is 7.94. The predicted octanol–water partition coefficient (Wildman–Crippen LogP) is 3.01. The lowest BCUT2D eigenvalue weighted by atomic mass is 10.3. The lowest BCUT2D eigenvalue weighted by molar-refractivity contribution is 0.214. The Kier molecular flexibility index (Phi) is 9.83. The van der Waals surface area contributed by atoms with Gasteiger partial charge in [-0.25, -0.2) is 4.39 Å². The molecule has 0 saturated carbocycles. The molecule has 1 atom stereocenters. The Morgan fingerprint density at radius 2 is 1.96 bits per heavy atom. The van der Waals surface area contributed by atoms with Crippen LogP contribution in [-0.4, -0.2) is 37.2 Å². The summed E-state index contributed by atoms with van der Waals surface area (Å²) in [5.41, 5.74) is 1.02. The topological polar surface area (TPSA) is 58.5 Å². The van der Waals surface area contributed by atoms with Crippen LogP contribution in [0.25, 0.3) is 0 Å². The number of rotatable bonds is 7. The summed E-state index contributed by atoms with van der Waals surface area (Å²) in [6, 6.07) is 12.2. The third-order valence-corrected chi connectivity index (χ3v) is 3.35. The molecule has 0 fully saturated rings. The summed E-state index contributed by atoms with van der Waals surface area (Å²) in [6.07, 6.45) is 2.39. The van der Waals surface area contributed by atoms with Crippen molar-refractivity contribution >= 4 is 29.9 Å². The summed E-state index contributed by atoms with van der Waals surface area (Å²) in [4.78, 5) is 8.44. The number of halogens is 2. The van der Waals surface area contributed by atoms with E-state index in [1.54, 1.807) is 31.4 Å². The molecule has 7 heteroatoms. The van der Waals surface area contributed by atoms with Gasteiger partial charge in [-0.1, -0.05) is 18.2 Å². The van der Waals surface area contributed by atoms with Crippen LogP contribution in [0.5, 0.6) is 5.75 Å². The number of ether oxygens (including phenoxy) is 1. The van der Waals surface area contributed by atoms with Crippen molar-refractivity contribution in [3.8, 4) is 5.75 Å². The van der Waals surface area contributed by atoms with Crippen molar-refractivity contribution in [2.75, 3.05) is 20.1 Å². The molecule has 136 valence electrons. The van der Waals surface area contributed by atoms with Crippen LogP contribution in [0.15, 0.2) is 53.7 Å². The zero-order valence-corrected chi connectivity index (χ0v) is 16.7. The molecular formula is C18H24FIN4O. The van der Waals surface area contributed by atoms with Gasteiger partial charge in [-0.2, -0.15) is 0 Å². The third-order valence-electron chi connectivity index (χ3n) is 3.35. The summed E-state index contributed by atoms with van der Waals surface area (Å²) >= 11 is 0. The fourth-order valence-electron chi connectivity index (χ4n) is 2.11. The SMILES string of the molecule is CN=C(NCCc1ccccn1)NCC(C)Oc1ccccc1F.I. The molecule has 1 heterocycles. The first-order chi connectivity index (χ1) is 11.7. The van der Waals surface area contributed by atoms with Gasteiger partial charge in [0.05, 0.1) is 6.54 Å². The van der Waals surface area contributed by atoms with Gasteiger partial charge < -0.3 is 15.4 Å². The van der Waals surface area contributed by atoms with E-state index in [1.165, 1.54) is 6.07 Å². The van der Waals surface area contributed by atoms with Crippen molar-refractivity contribution in [2.24, 2.45) is 4.99 Å². The molecule has 1 unspecified atom stereocenters. The highest BCUT2D eigenvalue weighted by atomic mass is 127. The van der Waals surface area contributed by atoms with Crippen molar-refractivity contribution in [3.05, 3.63) is 60.2 Å². The fourth-order valence-corrected chi connectivity index (χ4v) is 2.11. The Hall–Kier alpha value is -1.90. The van der Waals surface area contributed by atoms with Crippen molar-refractivity contribution < 1.29 is 9.13 Å². The van der Waals surface area contributed by atoms with E-state index < -0.39 is 0 Å². The van der Waals surface area contributed by atoms with Crippen LogP contribution in [0.2, 0.25) is 0 Å². The maximum absolute atomic E-state index is 13.6. The normalized spacial score (nSPS) is 12.0. The van der Waals surface area contributed by atoms with Gasteiger partial charge in [-0.15, -0.1) is 24.0 Å². The minimum atomic E-state index is -0.359. The van der Waals surface area contributed by atoms with Gasteiger partial charge in [0.2, 0.25) is 0 Å². The van der Waals surface area contributed by atoms with E-state index in [1.807, 2.05) is 25.1 Å².